The third-order valence-electron chi connectivity index (χ3n) is 2.87. The van der Waals surface area contributed by atoms with Crippen LogP contribution in [0, 0.1) is 5.92 Å². The van der Waals surface area contributed by atoms with E-state index < -0.39 is 17.9 Å². The Bertz CT molecular complexity index is 504. The largest absolute Gasteiger partial charge is 0.426 e. The summed E-state index contributed by atoms with van der Waals surface area (Å²) in [6.07, 6.45) is 0.921. The van der Waals surface area contributed by atoms with E-state index in [1.807, 2.05) is 12.1 Å². The van der Waals surface area contributed by atoms with E-state index in [4.69, 9.17) is 4.74 Å². The molecular weight excluding hydrogens is 248 g/mol. The molecule has 0 atom stereocenters. The van der Waals surface area contributed by atoms with Crippen LogP contribution in [0.3, 0.4) is 0 Å². The first-order valence-corrected chi connectivity index (χ1v) is 6.04. The van der Waals surface area contributed by atoms with Crippen LogP contribution in [0.5, 0.6) is 5.75 Å². The van der Waals surface area contributed by atoms with Crippen molar-refractivity contribution >= 4 is 17.9 Å². The van der Waals surface area contributed by atoms with Crippen LogP contribution in [0.4, 0.5) is 0 Å². The van der Waals surface area contributed by atoms with Crippen molar-refractivity contribution in [1.29, 1.82) is 0 Å². The average molecular weight is 262 g/mol. The fraction of sp³-hybridized carbons (Fsp3) is 0.357. The highest BCUT2D eigenvalue weighted by Crippen LogP contribution is 2.27. The molecule has 0 spiro atoms. The third kappa shape index (κ3) is 3.64. The number of cyclic esters (lactones) is 2. The van der Waals surface area contributed by atoms with Crippen molar-refractivity contribution in [3.05, 3.63) is 29.8 Å². The molecule has 1 heterocycles. The van der Waals surface area contributed by atoms with Gasteiger partial charge in [0.15, 0.2) is 0 Å². The molecule has 0 aromatic heterocycles. The van der Waals surface area contributed by atoms with Crippen molar-refractivity contribution in [2.24, 2.45) is 5.92 Å². The summed E-state index contributed by atoms with van der Waals surface area (Å²) >= 11 is 0. The first-order valence-electron chi connectivity index (χ1n) is 6.04. The van der Waals surface area contributed by atoms with Gasteiger partial charge in [0.05, 0.1) is 0 Å². The van der Waals surface area contributed by atoms with Crippen molar-refractivity contribution in [2.75, 3.05) is 0 Å². The molecule has 0 N–H and O–H groups in total. The molecule has 1 fully saturated rings. The summed E-state index contributed by atoms with van der Waals surface area (Å²) in [5.74, 6) is -1.02. The fourth-order valence-electron chi connectivity index (χ4n) is 2.14. The zero-order chi connectivity index (χ0) is 13.8. The standard InChI is InChI=1S/C14H14O5/c1-9(15)18-12-5-3-2-4-11(12)6-10-7-13(16)19-14(17)8-10/h2-5,10H,6-8H2,1H3. The lowest BCUT2D eigenvalue weighted by Crippen LogP contribution is -2.26. The van der Waals surface area contributed by atoms with E-state index in [1.165, 1.54) is 6.92 Å². The highest BCUT2D eigenvalue weighted by Gasteiger charge is 2.27. The minimum absolute atomic E-state index is 0.106. The van der Waals surface area contributed by atoms with Crippen molar-refractivity contribution in [3.63, 3.8) is 0 Å². The van der Waals surface area contributed by atoms with Crippen LogP contribution in [0.1, 0.15) is 25.3 Å². The van der Waals surface area contributed by atoms with E-state index >= 15 is 0 Å². The molecule has 0 unspecified atom stereocenters. The van der Waals surface area contributed by atoms with Gasteiger partial charge in [-0.1, -0.05) is 18.2 Å². The summed E-state index contributed by atoms with van der Waals surface area (Å²) in [6, 6.07) is 7.11. The van der Waals surface area contributed by atoms with Gasteiger partial charge in [-0.25, -0.2) is 0 Å². The summed E-state index contributed by atoms with van der Waals surface area (Å²) in [7, 11) is 0. The maximum Gasteiger partial charge on any atom is 0.313 e. The Labute approximate surface area is 110 Å². The molecule has 1 aliphatic heterocycles. The lowest BCUT2D eigenvalue weighted by atomic mass is 9.91. The molecule has 1 aromatic carbocycles. The lowest BCUT2D eigenvalue weighted by molar-refractivity contribution is -0.165. The van der Waals surface area contributed by atoms with E-state index in [0.29, 0.717) is 12.2 Å². The van der Waals surface area contributed by atoms with Gasteiger partial charge in [0, 0.05) is 19.8 Å². The second-order valence-electron chi connectivity index (χ2n) is 4.53. The zero-order valence-electron chi connectivity index (χ0n) is 10.5. The maximum atomic E-state index is 11.2. The molecule has 0 saturated carbocycles. The summed E-state index contributed by atoms with van der Waals surface area (Å²) in [4.78, 5) is 33.4. The fourth-order valence-corrected chi connectivity index (χ4v) is 2.14. The molecule has 100 valence electrons. The minimum Gasteiger partial charge on any atom is -0.426 e. The Morgan fingerprint density at radius 1 is 1.26 bits per heavy atom. The van der Waals surface area contributed by atoms with E-state index in [2.05, 4.69) is 4.74 Å². The molecule has 5 heteroatoms. The van der Waals surface area contributed by atoms with Crippen LogP contribution in [-0.4, -0.2) is 17.9 Å². The number of para-hydroxylation sites is 1. The van der Waals surface area contributed by atoms with Gasteiger partial charge in [0.1, 0.15) is 5.75 Å². The van der Waals surface area contributed by atoms with Crippen LogP contribution < -0.4 is 4.74 Å². The Balaban J connectivity index is 2.12. The second kappa shape index (κ2) is 5.65. The Morgan fingerprint density at radius 2 is 1.89 bits per heavy atom. The molecular formula is C14H14O5. The predicted molar refractivity (Wildman–Crippen MR) is 65.3 cm³/mol. The van der Waals surface area contributed by atoms with Gasteiger partial charge in [-0.05, 0) is 24.0 Å². The molecule has 1 saturated heterocycles. The smallest absolute Gasteiger partial charge is 0.313 e. The zero-order valence-corrected chi connectivity index (χ0v) is 10.5. The van der Waals surface area contributed by atoms with Crippen molar-refractivity contribution in [1.82, 2.24) is 0 Å². The number of rotatable bonds is 3. The van der Waals surface area contributed by atoms with Gasteiger partial charge >= 0.3 is 17.9 Å². The molecule has 19 heavy (non-hydrogen) atoms. The van der Waals surface area contributed by atoms with Gasteiger partial charge in [-0.15, -0.1) is 0 Å². The maximum absolute atomic E-state index is 11.2. The van der Waals surface area contributed by atoms with Crippen LogP contribution in [-0.2, 0) is 25.5 Å². The van der Waals surface area contributed by atoms with Crippen LogP contribution in [0.15, 0.2) is 24.3 Å². The quantitative estimate of drug-likeness (QED) is 0.470. The SMILES string of the molecule is CC(=O)Oc1ccccc1CC1CC(=O)OC(=O)C1. The molecule has 0 bridgehead atoms. The van der Waals surface area contributed by atoms with Crippen molar-refractivity contribution < 1.29 is 23.9 Å². The van der Waals surface area contributed by atoms with Gasteiger partial charge in [-0.3, -0.25) is 14.4 Å². The van der Waals surface area contributed by atoms with E-state index in [-0.39, 0.29) is 18.8 Å². The monoisotopic (exact) mass is 262 g/mol. The highest BCUT2D eigenvalue weighted by molar-refractivity contribution is 5.88. The molecule has 0 amide bonds. The van der Waals surface area contributed by atoms with Gasteiger partial charge in [-0.2, -0.15) is 0 Å². The molecule has 0 aliphatic carbocycles. The van der Waals surface area contributed by atoms with E-state index in [0.717, 1.165) is 5.56 Å². The van der Waals surface area contributed by atoms with Crippen LogP contribution in [0.25, 0.3) is 0 Å². The predicted octanol–water partition coefficient (Wildman–Crippen LogP) is 1.63. The van der Waals surface area contributed by atoms with Crippen LogP contribution >= 0.6 is 0 Å². The van der Waals surface area contributed by atoms with Gasteiger partial charge < -0.3 is 9.47 Å². The summed E-state index contributed by atoms with van der Waals surface area (Å²) in [6.45, 7) is 1.33. The van der Waals surface area contributed by atoms with Crippen molar-refractivity contribution in [3.8, 4) is 5.75 Å². The minimum atomic E-state index is -0.494. The Hall–Kier alpha value is -2.17. The summed E-state index contributed by atoms with van der Waals surface area (Å²) in [5, 5.41) is 0. The average Bonchev–Trinajstić information content (AvgIpc) is 2.29. The number of ether oxygens (including phenoxy) is 2. The number of esters is 3. The number of hydrogen-bond donors (Lipinski definition) is 0. The number of hydrogen-bond acceptors (Lipinski definition) is 5. The molecule has 2 rings (SSSR count). The number of carbonyl (C=O) groups excluding carboxylic acids is 3. The highest BCUT2D eigenvalue weighted by atomic mass is 16.6. The Morgan fingerprint density at radius 3 is 2.53 bits per heavy atom. The lowest BCUT2D eigenvalue weighted by Gasteiger charge is -2.20. The second-order valence-corrected chi connectivity index (χ2v) is 4.53. The molecule has 0 radical (unpaired) electrons. The Kier molecular flexibility index (Phi) is 3.94. The van der Waals surface area contributed by atoms with E-state index in [1.54, 1.807) is 12.1 Å². The first-order chi connectivity index (χ1) is 9.04. The van der Waals surface area contributed by atoms with Crippen molar-refractivity contribution in [2.45, 2.75) is 26.2 Å². The normalized spacial score (nSPS) is 16.1. The number of benzene rings is 1. The topological polar surface area (TPSA) is 69.7 Å². The third-order valence-corrected chi connectivity index (χ3v) is 2.87. The first kappa shape index (κ1) is 13.3. The molecule has 1 aliphatic rings. The van der Waals surface area contributed by atoms with Crippen LogP contribution in [0.2, 0.25) is 0 Å². The summed E-state index contributed by atoms with van der Waals surface area (Å²) < 4.78 is 9.59. The molecule has 1 aromatic rings. The summed E-state index contributed by atoms with van der Waals surface area (Å²) in [5.41, 5.74) is 0.810. The van der Waals surface area contributed by atoms with E-state index in [9.17, 15) is 14.4 Å². The van der Waals surface area contributed by atoms with Gasteiger partial charge in [0.25, 0.3) is 0 Å². The van der Waals surface area contributed by atoms with Gasteiger partial charge in [0.2, 0.25) is 0 Å². The number of carbonyl (C=O) groups is 3. The molecule has 5 nitrogen and oxygen atoms in total.